The molecule has 0 aliphatic heterocycles. The van der Waals surface area contributed by atoms with Crippen LogP contribution in [0, 0.1) is 11.6 Å². The Morgan fingerprint density at radius 3 is 2.75 bits per heavy atom. The van der Waals surface area contributed by atoms with Crippen molar-refractivity contribution in [2.75, 3.05) is 13.7 Å². The number of halogens is 2. The number of likely N-dealkylation sites (N-methyl/N-ethyl adjacent to an activating group) is 1. The molecule has 1 unspecified atom stereocenters. The summed E-state index contributed by atoms with van der Waals surface area (Å²) in [4.78, 5) is 11.5. The first-order chi connectivity index (χ1) is 7.60. The third kappa shape index (κ3) is 2.76. The van der Waals surface area contributed by atoms with Crippen molar-refractivity contribution in [1.82, 2.24) is 5.32 Å². The summed E-state index contributed by atoms with van der Waals surface area (Å²) in [6, 6.07) is 1.97. The molecule has 16 heavy (non-hydrogen) atoms. The molecular weight excluding hydrogens is 216 g/mol. The standard InChI is InChI=1S/C11H13F2NO2/c1-3-16-11(15)10(14-2)8-6-7(12)4-5-9(8)13/h4-6,10,14H,3H2,1-2H3. The molecule has 0 heterocycles. The number of esters is 1. The van der Waals surface area contributed by atoms with Crippen LogP contribution in [0.1, 0.15) is 18.5 Å². The maximum Gasteiger partial charge on any atom is 0.327 e. The van der Waals surface area contributed by atoms with E-state index in [1.54, 1.807) is 6.92 Å². The zero-order valence-electron chi connectivity index (χ0n) is 9.09. The normalized spacial score (nSPS) is 12.2. The van der Waals surface area contributed by atoms with E-state index in [0.29, 0.717) is 0 Å². The molecule has 5 heteroatoms. The van der Waals surface area contributed by atoms with Gasteiger partial charge < -0.3 is 10.1 Å². The van der Waals surface area contributed by atoms with Crippen molar-refractivity contribution in [1.29, 1.82) is 0 Å². The third-order valence-corrected chi connectivity index (χ3v) is 2.08. The van der Waals surface area contributed by atoms with Gasteiger partial charge in [0.05, 0.1) is 6.61 Å². The number of carbonyl (C=O) groups is 1. The molecule has 0 fully saturated rings. The molecule has 0 aliphatic carbocycles. The lowest BCUT2D eigenvalue weighted by molar-refractivity contribution is -0.145. The quantitative estimate of drug-likeness (QED) is 0.800. The molecule has 1 aromatic rings. The van der Waals surface area contributed by atoms with Crippen molar-refractivity contribution in [2.24, 2.45) is 0 Å². The first kappa shape index (κ1) is 12.6. The van der Waals surface area contributed by atoms with E-state index in [1.807, 2.05) is 0 Å². The number of rotatable bonds is 4. The first-order valence-corrected chi connectivity index (χ1v) is 4.89. The minimum absolute atomic E-state index is 0.0547. The molecule has 0 spiro atoms. The Balaban J connectivity index is 3.03. The summed E-state index contributed by atoms with van der Waals surface area (Å²) in [7, 11) is 1.48. The van der Waals surface area contributed by atoms with Crippen LogP contribution in [0.4, 0.5) is 8.78 Å². The maximum absolute atomic E-state index is 13.4. The maximum atomic E-state index is 13.4. The molecule has 1 atom stereocenters. The minimum Gasteiger partial charge on any atom is -0.465 e. The topological polar surface area (TPSA) is 38.3 Å². The Morgan fingerprint density at radius 2 is 2.19 bits per heavy atom. The van der Waals surface area contributed by atoms with E-state index in [2.05, 4.69) is 5.32 Å². The summed E-state index contributed by atoms with van der Waals surface area (Å²) in [5.41, 5.74) is -0.0547. The van der Waals surface area contributed by atoms with Crippen molar-refractivity contribution in [3.05, 3.63) is 35.4 Å². The molecule has 0 saturated carbocycles. The smallest absolute Gasteiger partial charge is 0.327 e. The Morgan fingerprint density at radius 1 is 1.50 bits per heavy atom. The van der Waals surface area contributed by atoms with Crippen molar-refractivity contribution in [3.63, 3.8) is 0 Å². The number of benzene rings is 1. The van der Waals surface area contributed by atoms with Crippen LogP contribution >= 0.6 is 0 Å². The van der Waals surface area contributed by atoms with Crippen LogP contribution in [0.3, 0.4) is 0 Å². The van der Waals surface area contributed by atoms with Gasteiger partial charge in [0.1, 0.15) is 17.7 Å². The van der Waals surface area contributed by atoms with Crippen molar-refractivity contribution >= 4 is 5.97 Å². The van der Waals surface area contributed by atoms with Crippen LogP contribution in [-0.4, -0.2) is 19.6 Å². The van der Waals surface area contributed by atoms with Crippen LogP contribution < -0.4 is 5.32 Å². The van der Waals surface area contributed by atoms with Gasteiger partial charge in [0.2, 0.25) is 0 Å². The third-order valence-electron chi connectivity index (χ3n) is 2.08. The molecule has 0 saturated heterocycles. The number of ether oxygens (including phenoxy) is 1. The number of carbonyl (C=O) groups excluding carboxylic acids is 1. The van der Waals surface area contributed by atoms with Gasteiger partial charge in [-0.1, -0.05) is 0 Å². The summed E-state index contributed by atoms with van der Waals surface area (Å²) < 4.78 is 31.1. The van der Waals surface area contributed by atoms with Gasteiger partial charge in [-0.3, -0.25) is 0 Å². The molecule has 1 rings (SSSR count). The summed E-state index contributed by atoms with van der Waals surface area (Å²) in [6.45, 7) is 1.83. The van der Waals surface area contributed by atoms with Crippen molar-refractivity contribution < 1.29 is 18.3 Å². The van der Waals surface area contributed by atoms with Gasteiger partial charge in [-0.15, -0.1) is 0 Å². The van der Waals surface area contributed by atoms with Crippen molar-refractivity contribution in [2.45, 2.75) is 13.0 Å². The fourth-order valence-corrected chi connectivity index (χ4v) is 1.36. The number of nitrogens with one attached hydrogen (secondary N) is 1. The second-order valence-corrected chi connectivity index (χ2v) is 3.14. The van der Waals surface area contributed by atoms with E-state index in [0.717, 1.165) is 18.2 Å². The predicted octanol–water partition coefficient (Wildman–Crippen LogP) is 1.79. The summed E-state index contributed by atoms with van der Waals surface area (Å²) in [5, 5.41) is 2.59. The van der Waals surface area contributed by atoms with Crippen LogP contribution in [0.15, 0.2) is 18.2 Å². The van der Waals surface area contributed by atoms with Gasteiger partial charge in [-0.2, -0.15) is 0 Å². The van der Waals surface area contributed by atoms with Gasteiger partial charge in [-0.05, 0) is 32.2 Å². The molecule has 0 aliphatic rings. The highest BCUT2D eigenvalue weighted by atomic mass is 19.1. The minimum atomic E-state index is -0.990. The second kappa shape index (κ2) is 5.55. The first-order valence-electron chi connectivity index (χ1n) is 4.89. The molecule has 0 amide bonds. The highest BCUT2D eigenvalue weighted by Crippen LogP contribution is 2.19. The lowest BCUT2D eigenvalue weighted by atomic mass is 10.1. The average molecular weight is 229 g/mol. The van der Waals surface area contributed by atoms with E-state index >= 15 is 0 Å². The van der Waals surface area contributed by atoms with E-state index in [1.165, 1.54) is 7.05 Å². The molecule has 3 nitrogen and oxygen atoms in total. The monoisotopic (exact) mass is 229 g/mol. The Hall–Kier alpha value is -1.49. The van der Waals surface area contributed by atoms with Gasteiger partial charge in [0.25, 0.3) is 0 Å². The lowest BCUT2D eigenvalue weighted by Crippen LogP contribution is -2.28. The number of hydrogen-bond donors (Lipinski definition) is 1. The van der Waals surface area contributed by atoms with Gasteiger partial charge >= 0.3 is 5.97 Å². The molecule has 88 valence electrons. The molecular formula is C11H13F2NO2. The Kier molecular flexibility index (Phi) is 4.37. The Labute approximate surface area is 92.4 Å². The fraction of sp³-hybridized carbons (Fsp3) is 0.364. The number of hydrogen-bond acceptors (Lipinski definition) is 3. The van der Waals surface area contributed by atoms with Crippen LogP contribution in [0.5, 0.6) is 0 Å². The van der Waals surface area contributed by atoms with E-state index in [4.69, 9.17) is 4.74 Å². The van der Waals surface area contributed by atoms with E-state index < -0.39 is 23.6 Å². The van der Waals surface area contributed by atoms with Gasteiger partial charge in [0, 0.05) is 5.56 Å². The zero-order chi connectivity index (χ0) is 12.1. The van der Waals surface area contributed by atoms with Crippen LogP contribution in [0.25, 0.3) is 0 Å². The summed E-state index contributed by atoms with van der Waals surface area (Å²) in [5.74, 6) is -1.87. The Bertz CT molecular complexity index is 382. The van der Waals surface area contributed by atoms with E-state index in [-0.39, 0.29) is 12.2 Å². The highest BCUT2D eigenvalue weighted by Gasteiger charge is 2.23. The highest BCUT2D eigenvalue weighted by molar-refractivity contribution is 5.77. The van der Waals surface area contributed by atoms with Gasteiger partial charge in [0.15, 0.2) is 0 Å². The molecule has 1 N–H and O–H groups in total. The molecule has 0 bridgehead atoms. The predicted molar refractivity (Wildman–Crippen MR) is 54.8 cm³/mol. The van der Waals surface area contributed by atoms with Crippen LogP contribution in [0.2, 0.25) is 0 Å². The second-order valence-electron chi connectivity index (χ2n) is 3.14. The van der Waals surface area contributed by atoms with Crippen molar-refractivity contribution in [3.8, 4) is 0 Å². The zero-order valence-corrected chi connectivity index (χ0v) is 9.09. The summed E-state index contributed by atoms with van der Waals surface area (Å²) in [6.07, 6.45) is 0. The lowest BCUT2D eigenvalue weighted by Gasteiger charge is -2.15. The summed E-state index contributed by atoms with van der Waals surface area (Å²) >= 11 is 0. The molecule has 1 aromatic carbocycles. The fourth-order valence-electron chi connectivity index (χ4n) is 1.36. The van der Waals surface area contributed by atoms with Gasteiger partial charge in [-0.25, -0.2) is 13.6 Å². The largest absolute Gasteiger partial charge is 0.465 e. The van der Waals surface area contributed by atoms with Crippen LogP contribution in [-0.2, 0) is 9.53 Å². The molecule has 0 aromatic heterocycles. The molecule has 0 radical (unpaired) electrons. The average Bonchev–Trinajstić information content (AvgIpc) is 2.24. The van der Waals surface area contributed by atoms with E-state index in [9.17, 15) is 13.6 Å². The SMILES string of the molecule is CCOC(=O)C(NC)c1cc(F)ccc1F.